The Labute approximate surface area is 199 Å². The predicted molar refractivity (Wildman–Crippen MR) is 125 cm³/mol. The van der Waals surface area contributed by atoms with E-state index in [0.717, 1.165) is 11.1 Å². The van der Waals surface area contributed by atoms with Crippen molar-refractivity contribution in [3.8, 4) is 5.75 Å². The van der Waals surface area contributed by atoms with E-state index in [9.17, 15) is 19.5 Å². The lowest BCUT2D eigenvalue weighted by molar-refractivity contribution is -0.140. The molecule has 0 heterocycles. The average molecular weight is 473 g/mol. The van der Waals surface area contributed by atoms with Crippen LogP contribution in [0.1, 0.15) is 38.3 Å². The Bertz CT molecular complexity index is 940. The van der Waals surface area contributed by atoms with Crippen molar-refractivity contribution in [2.24, 2.45) is 0 Å². The number of carboxylic acids is 1. The van der Waals surface area contributed by atoms with Gasteiger partial charge in [0, 0.05) is 0 Å². The Balaban J connectivity index is 1.95. The van der Waals surface area contributed by atoms with E-state index < -0.39 is 42.1 Å². The van der Waals surface area contributed by atoms with Crippen LogP contribution in [0.5, 0.6) is 5.75 Å². The highest BCUT2D eigenvalue weighted by Crippen LogP contribution is 2.17. The zero-order valence-electron chi connectivity index (χ0n) is 19.6. The first kappa shape index (κ1) is 26.7. The molecule has 0 bridgehead atoms. The van der Waals surface area contributed by atoms with Crippen molar-refractivity contribution >= 4 is 18.0 Å². The smallest absolute Gasteiger partial charge is 0.408 e. The first-order valence-electron chi connectivity index (χ1n) is 10.9. The second-order valence-electron chi connectivity index (χ2n) is 8.82. The number of nitrogens with one attached hydrogen (secondary N) is 2. The highest BCUT2D eigenvalue weighted by molar-refractivity contribution is 5.82. The normalized spacial score (nSPS) is 12.8. The fourth-order valence-electron chi connectivity index (χ4n) is 3.05. The molecular formula is C25H32N2O7. The van der Waals surface area contributed by atoms with Crippen LogP contribution in [0, 0.1) is 0 Å². The molecule has 0 fully saturated rings. The quantitative estimate of drug-likeness (QED) is 0.395. The van der Waals surface area contributed by atoms with Gasteiger partial charge in [0.05, 0.1) is 18.6 Å². The minimum atomic E-state index is -1.32. The summed E-state index contributed by atoms with van der Waals surface area (Å²) >= 11 is 0. The number of aliphatic carboxylic acids is 1. The minimum Gasteiger partial charge on any atom is -0.489 e. The monoisotopic (exact) mass is 472 g/mol. The van der Waals surface area contributed by atoms with Crippen LogP contribution in [0.15, 0.2) is 54.6 Å². The van der Waals surface area contributed by atoms with Crippen LogP contribution in [-0.2, 0) is 27.4 Å². The number of hydrogen-bond donors (Lipinski definition) is 4. The SMILES string of the molecule is CC(C)(C)OC(=O)NCC(=O)N[C@@H](Cc1ccc(OCc2ccccc2)cc1)[C@@H](O)CC(=O)O. The maximum atomic E-state index is 12.3. The Morgan fingerprint density at radius 1 is 0.971 bits per heavy atom. The molecule has 0 spiro atoms. The molecule has 0 aliphatic rings. The lowest BCUT2D eigenvalue weighted by Gasteiger charge is -2.24. The average Bonchev–Trinajstić information content (AvgIpc) is 2.76. The lowest BCUT2D eigenvalue weighted by Crippen LogP contribution is -2.49. The van der Waals surface area contributed by atoms with E-state index in [1.54, 1.807) is 45.0 Å². The fraction of sp³-hybridized carbons (Fsp3) is 0.400. The third-order valence-corrected chi connectivity index (χ3v) is 4.61. The second kappa shape index (κ2) is 12.6. The van der Waals surface area contributed by atoms with Gasteiger partial charge in [-0.05, 0) is 50.5 Å². The van der Waals surface area contributed by atoms with Crippen molar-refractivity contribution in [3.05, 3.63) is 65.7 Å². The molecular weight excluding hydrogens is 440 g/mol. The number of aliphatic hydroxyl groups is 1. The molecule has 184 valence electrons. The zero-order chi connectivity index (χ0) is 25.1. The first-order valence-corrected chi connectivity index (χ1v) is 10.9. The Morgan fingerprint density at radius 3 is 2.21 bits per heavy atom. The molecule has 2 aromatic carbocycles. The summed E-state index contributed by atoms with van der Waals surface area (Å²) < 4.78 is 10.8. The standard InChI is InChI=1S/C25H32N2O7/c1-25(2,3)34-24(32)26-15-22(29)27-20(21(28)14-23(30)31)13-17-9-11-19(12-10-17)33-16-18-7-5-4-6-8-18/h4-12,20-21,28H,13-16H2,1-3H3,(H,26,32)(H,27,29)(H,30,31)/t20-,21-/m0/s1. The van der Waals surface area contributed by atoms with Crippen molar-refractivity contribution in [1.82, 2.24) is 10.6 Å². The van der Waals surface area contributed by atoms with E-state index >= 15 is 0 Å². The number of carbonyl (C=O) groups excluding carboxylic acids is 2. The summed E-state index contributed by atoms with van der Waals surface area (Å²) in [6.07, 6.45) is -2.43. The molecule has 0 aromatic heterocycles. The van der Waals surface area contributed by atoms with Gasteiger partial charge in [0.25, 0.3) is 0 Å². The molecule has 2 rings (SSSR count). The third-order valence-electron chi connectivity index (χ3n) is 4.61. The number of alkyl carbamates (subject to hydrolysis) is 1. The number of carbonyl (C=O) groups is 3. The third kappa shape index (κ3) is 10.4. The fourth-order valence-corrected chi connectivity index (χ4v) is 3.05. The van der Waals surface area contributed by atoms with Crippen molar-refractivity contribution < 1.29 is 34.1 Å². The number of ether oxygens (including phenoxy) is 2. The van der Waals surface area contributed by atoms with Gasteiger partial charge in [-0.15, -0.1) is 0 Å². The maximum Gasteiger partial charge on any atom is 0.408 e. The van der Waals surface area contributed by atoms with Gasteiger partial charge in [-0.1, -0.05) is 42.5 Å². The van der Waals surface area contributed by atoms with Gasteiger partial charge >= 0.3 is 12.1 Å². The number of amides is 2. The summed E-state index contributed by atoms with van der Waals surface area (Å²) in [5, 5.41) is 24.3. The molecule has 0 aliphatic carbocycles. The van der Waals surface area contributed by atoms with Crippen LogP contribution in [0.25, 0.3) is 0 Å². The Hall–Kier alpha value is -3.59. The largest absolute Gasteiger partial charge is 0.489 e. The molecule has 0 saturated carbocycles. The van der Waals surface area contributed by atoms with E-state index in [1.165, 1.54) is 0 Å². The number of rotatable bonds is 11. The van der Waals surface area contributed by atoms with Crippen LogP contribution in [0.3, 0.4) is 0 Å². The number of carboxylic acid groups (broad SMARTS) is 1. The van der Waals surface area contributed by atoms with E-state index in [4.69, 9.17) is 14.6 Å². The summed E-state index contributed by atoms with van der Waals surface area (Å²) in [6, 6.07) is 15.9. The van der Waals surface area contributed by atoms with E-state index in [2.05, 4.69) is 10.6 Å². The minimum absolute atomic E-state index is 0.186. The molecule has 2 amide bonds. The summed E-state index contributed by atoms with van der Waals surface area (Å²) in [5.41, 5.74) is 1.09. The Morgan fingerprint density at radius 2 is 1.62 bits per heavy atom. The molecule has 9 nitrogen and oxygen atoms in total. The highest BCUT2D eigenvalue weighted by Gasteiger charge is 2.25. The maximum absolute atomic E-state index is 12.3. The number of hydrogen-bond acceptors (Lipinski definition) is 6. The van der Waals surface area contributed by atoms with Crippen LogP contribution in [0.2, 0.25) is 0 Å². The van der Waals surface area contributed by atoms with Crippen LogP contribution >= 0.6 is 0 Å². The van der Waals surface area contributed by atoms with Gasteiger partial charge in [-0.3, -0.25) is 9.59 Å². The van der Waals surface area contributed by atoms with Crippen molar-refractivity contribution in [3.63, 3.8) is 0 Å². The summed E-state index contributed by atoms with van der Waals surface area (Å²) in [4.78, 5) is 35.1. The van der Waals surface area contributed by atoms with Crippen molar-refractivity contribution in [2.45, 2.75) is 58.0 Å². The van der Waals surface area contributed by atoms with E-state index in [0.29, 0.717) is 12.4 Å². The van der Waals surface area contributed by atoms with Crippen LogP contribution in [0.4, 0.5) is 4.79 Å². The van der Waals surface area contributed by atoms with Gasteiger partial charge in [-0.2, -0.15) is 0 Å². The zero-order valence-corrected chi connectivity index (χ0v) is 19.6. The lowest BCUT2D eigenvalue weighted by atomic mass is 9.99. The van der Waals surface area contributed by atoms with Gasteiger partial charge in [0.1, 0.15) is 24.5 Å². The van der Waals surface area contributed by atoms with Gasteiger partial charge in [0.2, 0.25) is 5.91 Å². The topological polar surface area (TPSA) is 134 Å². The van der Waals surface area contributed by atoms with Crippen molar-refractivity contribution in [1.29, 1.82) is 0 Å². The Kier molecular flexibility index (Phi) is 9.88. The molecule has 0 saturated heterocycles. The molecule has 0 radical (unpaired) electrons. The number of aliphatic hydroxyl groups excluding tert-OH is 1. The summed E-state index contributed by atoms with van der Waals surface area (Å²) in [7, 11) is 0. The summed E-state index contributed by atoms with van der Waals surface area (Å²) in [6.45, 7) is 5.13. The molecule has 34 heavy (non-hydrogen) atoms. The van der Waals surface area contributed by atoms with Crippen LogP contribution < -0.4 is 15.4 Å². The highest BCUT2D eigenvalue weighted by atomic mass is 16.6. The van der Waals surface area contributed by atoms with Crippen LogP contribution in [-0.4, -0.2) is 52.5 Å². The van der Waals surface area contributed by atoms with Gasteiger partial charge in [-0.25, -0.2) is 4.79 Å². The molecule has 2 aromatic rings. The van der Waals surface area contributed by atoms with E-state index in [1.807, 2.05) is 30.3 Å². The molecule has 9 heteroatoms. The second-order valence-corrected chi connectivity index (χ2v) is 8.82. The molecule has 0 unspecified atom stereocenters. The van der Waals surface area contributed by atoms with Gasteiger partial charge < -0.3 is 30.3 Å². The number of benzene rings is 2. The molecule has 0 aliphatic heterocycles. The predicted octanol–water partition coefficient (Wildman–Crippen LogP) is 2.65. The van der Waals surface area contributed by atoms with Crippen molar-refractivity contribution in [2.75, 3.05) is 6.54 Å². The van der Waals surface area contributed by atoms with Gasteiger partial charge in [0.15, 0.2) is 0 Å². The molecule has 2 atom stereocenters. The molecule has 4 N–H and O–H groups in total. The van der Waals surface area contributed by atoms with E-state index in [-0.39, 0.29) is 13.0 Å². The summed E-state index contributed by atoms with van der Waals surface area (Å²) in [5.74, 6) is -1.12. The first-order chi connectivity index (χ1) is 16.0.